The molecule has 19 nitrogen and oxygen atoms in total. The summed E-state index contributed by atoms with van der Waals surface area (Å²) in [6, 6.07) is -0.907. The summed E-state index contributed by atoms with van der Waals surface area (Å²) in [5, 5.41) is 121. The Morgan fingerprint density at radius 2 is 0.750 bits per heavy atom. The first kappa shape index (κ1) is 83.5. The predicted molar refractivity (Wildman–Crippen MR) is 360 cm³/mol. The summed E-state index contributed by atoms with van der Waals surface area (Å²) >= 11 is 0. The van der Waals surface area contributed by atoms with Crippen LogP contribution in [0.1, 0.15) is 251 Å². The maximum Gasteiger partial charge on any atom is 0.220 e. The van der Waals surface area contributed by atoms with Gasteiger partial charge >= 0.3 is 0 Å². The normalized spacial score (nSPS) is 28.1. The standard InChI is InChI=1S/C73H129NO18/c1-3-5-7-9-11-13-15-17-19-21-23-25-27-29-30-32-34-36-38-40-42-44-46-48-50-57(78)56(74-61(79)51-49-47-45-43-41-39-37-35-33-31-28-26-24-22-20-18-16-14-12-10-8-6-4-2)55-87-71-67(85)64(82)69(59(53-76)89-71)92-73-68(86)65(83)70(60(54-77)90-73)91-72-66(84)63(81)62(80)58(52-75)88-72/h6,8,12,14,18,20,24,26,31,33,37,39,56-60,62-73,75-78,80-86H,3-5,7,9-11,13,15-17,19,21-23,25,27-30,32,34-36,38,40-55H2,1-2H3,(H,74,79)/b8-6-,14-12-,20-18-,26-24-,33-31-,39-37-. The summed E-state index contributed by atoms with van der Waals surface area (Å²) in [5.41, 5.74) is 0. The first-order valence-electron chi connectivity index (χ1n) is 36.2. The molecule has 17 unspecified atom stereocenters. The van der Waals surface area contributed by atoms with Gasteiger partial charge in [0.1, 0.15) is 73.2 Å². The number of allylic oxidation sites excluding steroid dienone is 12. The fourth-order valence-corrected chi connectivity index (χ4v) is 12.0. The molecule has 534 valence electrons. The van der Waals surface area contributed by atoms with E-state index in [1.54, 1.807) is 0 Å². The van der Waals surface area contributed by atoms with Gasteiger partial charge in [-0.2, -0.15) is 0 Å². The van der Waals surface area contributed by atoms with E-state index in [4.69, 9.17) is 28.4 Å². The molecule has 17 atom stereocenters. The maximum atomic E-state index is 13.4. The molecule has 0 aromatic heterocycles. The first-order chi connectivity index (χ1) is 44.8. The highest BCUT2D eigenvalue weighted by molar-refractivity contribution is 5.76. The number of rotatable bonds is 55. The second kappa shape index (κ2) is 54.3. The van der Waals surface area contributed by atoms with E-state index in [9.17, 15) is 61.0 Å². The highest BCUT2D eigenvalue weighted by atomic mass is 16.8. The number of nitrogens with one attached hydrogen (secondary N) is 1. The molecule has 0 saturated carbocycles. The van der Waals surface area contributed by atoms with Crippen LogP contribution in [0.2, 0.25) is 0 Å². The van der Waals surface area contributed by atoms with Crippen molar-refractivity contribution in [3.63, 3.8) is 0 Å². The van der Waals surface area contributed by atoms with Crippen molar-refractivity contribution in [1.82, 2.24) is 5.32 Å². The van der Waals surface area contributed by atoms with Gasteiger partial charge in [-0.3, -0.25) is 4.79 Å². The minimum atomic E-state index is -1.98. The monoisotopic (exact) mass is 1310 g/mol. The number of amides is 1. The zero-order valence-electron chi connectivity index (χ0n) is 56.5. The van der Waals surface area contributed by atoms with Crippen LogP contribution in [0.15, 0.2) is 72.9 Å². The van der Waals surface area contributed by atoms with Crippen LogP contribution in [0.25, 0.3) is 0 Å². The lowest BCUT2D eigenvalue weighted by Crippen LogP contribution is -2.66. The zero-order chi connectivity index (χ0) is 66.8. The summed E-state index contributed by atoms with van der Waals surface area (Å²) in [6.07, 6.45) is 41.1. The van der Waals surface area contributed by atoms with Crippen LogP contribution >= 0.6 is 0 Å². The van der Waals surface area contributed by atoms with E-state index in [-0.39, 0.29) is 18.9 Å². The molecule has 3 aliphatic rings. The Balaban J connectivity index is 1.43. The number of carbonyl (C=O) groups excluding carboxylic acids is 1. The molecule has 19 heteroatoms. The highest BCUT2D eigenvalue weighted by Crippen LogP contribution is 2.33. The van der Waals surface area contributed by atoms with Gasteiger partial charge < -0.3 is 89.9 Å². The molecule has 0 spiro atoms. The average Bonchev–Trinajstić information content (AvgIpc) is 0.838. The van der Waals surface area contributed by atoms with Gasteiger partial charge in [-0.15, -0.1) is 0 Å². The zero-order valence-corrected chi connectivity index (χ0v) is 56.5. The van der Waals surface area contributed by atoms with Crippen molar-refractivity contribution in [2.24, 2.45) is 0 Å². The average molecular weight is 1310 g/mol. The second-order valence-electron chi connectivity index (χ2n) is 25.7. The Hall–Kier alpha value is -2.77. The van der Waals surface area contributed by atoms with Crippen molar-refractivity contribution in [3.05, 3.63) is 72.9 Å². The van der Waals surface area contributed by atoms with Gasteiger partial charge in [0, 0.05) is 6.42 Å². The molecule has 3 saturated heterocycles. The molecule has 3 aliphatic heterocycles. The van der Waals surface area contributed by atoms with Crippen LogP contribution in [0.5, 0.6) is 0 Å². The van der Waals surface area contributed by atoms with Crippen molar-refractivity contribution in [1.29, 1.82) is 0 Å². The number of aliphatic hydroxyl groups is 11. The molecule has 92 heavy (non-hydrogen) atoms. The molecule has 3 fully saturated rings. The van der Waals surface area contributed by atoms with Crippen molar-refractivity contribution in [2.75, 3.05) is 26.4 Å². The van der Waals surface area contributed by atoms with Crippen LogP contribution in [-0.4, -0.2) is 193 Å². The molecule has 12 N–H and O–H groups in total. The lowest BCUT2D eigenvalue weighted by molar-refractivity contribution is -0.379. The van der Waals surface area contributed by atoms with E-state index in [2.05, 4.69) is 92.1 Å². The van der Waals surface area contributed by atoms with Crippen LogP contribution in [0, 0.1) is 0 Å². The van der Waals surface area contributed by atoms with Gasteiger partial charge in [0.05, 0.1) is 38.6 Å². The minimum Gasteiger partial charge on any atom is -0.394 e. The van der Waals surface area contributed by atoms with Gasteiger partial charge in [-0.05, 0) is 64.2 Å². The van der Waals surface area contributed by atoms with Gasteiger partial charge in [-0.25, -0.2) is 0 Å². The lowest BCUT2D eigenvalue weighted by atomic mass is 9.96. The first-order valence-corrected chi connectivity index (χ1v) is 36.2. The number of hydrogen-bond acceptors (Lipinski definition) is 18. The molecule has 1 amide bonds. The van der Waals surface area contributed by atoms with Gasteiger partial charge in [0.2, 0.25) is 5.91 Å². The summed E-state index contributed by atoms with van der Waals surface area (Å²) in [7, 11) is 0. The Morgan fingerprint density at radius 3 is 1.17 bits per heavy atom. The molecular weight excluding hydrogens is 1180 g/mol. The highest BCUT2D eigenvalue weighted by Gasteiger charge is 2.53. The Morgan fingerprint density at radius 1 is 0.402 bits per heavy atom. The second-order valence-corrected chi connectivity index (χ2v) is 25.7. The molecule has 0 aliphatic carbocycles. The Bertz CT molecular complexity index is 1950. The Labute approximate surface area is 553 Å². The van der Waals surface area contributed by atoms with Crippen molar-refractivity contribution < 1.29 is 89.4 Å². The number of aliphatic hydroxyl groups excluding tert-OH is 11. The van der Waals surface area contributed by atoms with Gasteiger partial charge in [0.25, 0.3) is 0 Å². The topological polar surface area (TPSA) is 307 Å². The number of hydrogen-bond donors (Lipinski definition) is 12. The smallest absolute Gasteiger partial charge is 0.220 e. The van der Waals surface area contributed by atoms with Gasteiger partial charge in [-0.1, -0.05) is 254 Å². The number of unbranched alkanes of at least 4 members (excludes halogenated alkanes) is 27. The third kappa shape index (κ3) is 35.5. The van der Waals surface area contributed by atoms with Crippen molar-refractivity contribution in [3.8, 4) is 0 Å². The third-order valence-electron chi connectivity index (χ3n) is 17.8. The van der Waals surface area contributed by atoms with Crippen molar-refractivity contribution in [2.45, 2.75) is 356 Å². The van der Waals surface area contributed by atoms with E-state index < -0.39 is 124 Å². The fourth-order valence-electron chi connectivity index (χ4n) is 12.0. The maximum absolute atomic E-state index is 13.4. The van der Waals surface area contributed by atoms with E-state index in [0.717, 1.165) is 89.9 Å². The summed E-state index contributed by atoms with van der Waals surface area (Å²) in [6.45, 7) is 1.68. The molecular formula is C73H129NO18. The van der Waals surface area contributed by atoms with Crippen molar-refractivity contribution >= 4 is 5.91 Å². The Kier molecular flexibility index (Phi) is 49.2. The largest absolute Gasteiger partial charge is 0.394 e. The van der Waals surface area contributed by atoms with Crippen LogP contribution in [0.4, 0.5) is 0 Å². The van der Waals surface area contributed by atoms with E-state index in [0.29, 0.717) is 12.8 Å². The molecule has 0 radical (unpaired) electrons. The van der Waals surface area contributed by atoms with Crippen LogP contribution in [-0.2, 0) is 33.2 Å². The molecule has 0 aromatic rings. The molecule has 3 rings (SSSR count). The van der Waals surface area contributed by atoms with Crippen LogP contribution < -0.4 is 5.32 Å². The quantitative estimate of drug-likeness (QED) is 0.0199. The summed E-state index contributed by atoms with van der Waals surface area (Å²) in [4.78, 5) is 13.4. The third-order valence-corrected chi connectivity index (χ3v) is 17.8. The van der Waals surface area contributed by atoms with Crippen LogP contribution in [0.3, 0.4) is 0 Å². The fraction of sp³-hybridized carbons (Fsp3) is 0.822. The predicted octanol–water partition coefficient (Wildman–Crippen LogP) is 10.1. The van der Waals surface area contributed by atoms with E-state index >= 15 is 0 Å². The number of carbonyl (C=O) groups is 1. The molecule has 0 aromatic carbocycles. The summed E-state index contributed by atoms with van der Waals surface area (Å²) < 4.78 is 34.4. The SMILES string of the molecule is CC/C=C\C/C=C\C/C=C\C/C=C\C/C=C\C/C=C\CCCCCCC(=O)NC(COC1OC(CO)C(OC2OC(CO)C(OC3OC(CO)C(O)C(O)C3O)C(O)C2O)C(O)C1O)C(O)CCCCCCCCCCCCCCCCCCCCCCCCCC. The molecule has 3 heterocycles. The number of ether oxygens (including phenoxy) is 6. The molecule has 0 bridgehead atoms. The van der Waals surface area contributed by atoms with E-state index in [1.807, 2.05) is 0 Å². The van der Waals surface area contributed by atoms with Gasteiger partial charge in [0.15, 0.2) is 18.9 Å². The summed E-state index contributed by atoms with van der Waals surface area (Å²) in [5.74, 6) is -0.267. The minimum absolute atomic E-state index is 0.233. The van der Waals surface area contributed by atoms with E-state index in [1.165, 1.54) is 128 Å². The lowest BCUT2D eigenvalue weighted by Gasteiger charge is -2.48.